The minimum atomic E-state index is 0.222. The summed E-state index contributed by atoms with van der Waals surface area (Å²) in [5.41, 5.74) is 6.53. The molecule has 2 aromatic carbocycles. The van der Waals surface area contributed by atoms with Gasteiger partial charge < -0.3 is 10.1 Å². The molecule has 1 unspecified atom stereocenters. The number of fused-ring (bicyclic) bond motifs is 1. The largest absolute Gasteiger partial charge is 0.497 e. The van der Waals surface area contributed by atoms with Crippen LogP contribution >= 0.6 is 0 Å². The third-order valence-corrected chi connectivity index (χ3v) is 5.71. The molecule has 1 aliphatic carbocycles. The molecule has 0 amide bonds. The first-order chi connectivity index (χ1) is 13.5. The summed E-state index contributed by atoms with van der Waals surface area (Å²) in [5, 5.41) is 8.56. The number of aromatic nitrogens is 2. The molecule has 1 aliphatic rings. The van der Waals surface area contributed by atoms with Crippen LogP contribution in [-0.2, 0) is 13.0 Å². The smallest absolute Gasteiger partial charge is 0.119 e. The Morgan fingerprint density at radius 3 is 2.79 bits per heavy atom. The lowest BCUT2D eigenvalue weighted by Gasteiger charge is -2.36. The summed E-state index contributed by atoms with van der Waals surface area (Å²) in [6.45, 7) is 7.67. The van der Waals surface area contributed by atoms with E-state index in [9.17, 15) is 0 Å². The Hall–Kier alpha value is -2.59. The Bertz CT molecular complexity index is 973. The predicted molar refractivity (Wildman–Crippen MR) is 113 cm³/mol. The van der Waals surface area contributed by atoms with E-state index in [2.05, 4.69) is 73.4 Å². The van der Waals surface area contributed by atoms with E-state index in [0.29, 0.717) is 6.04 Å². The van der Waals surface area contributed by atoms with Crippen molar-refractivity contribution in [2.45, 2.75) is 46.2 Å². The van der Waals surface area contributed by atoms with Crippen molar-refractivity contribution in [2.75, 3.05) is 7.11 Å². The van der Waals surface area contributed by atoms with Gasteiger partial charge in [-0.05, 0) is 54.5 Å². The summed E-state index contributed by atoms with van der Waals surface area (Å²) < 4.78 is 7.50. The Morgan fingerprint density at radius 1 is 1.18 bits per heavy atom. The molecule has 4 rings (SSSR count). The summed E-state index contributed by atoms with van der Waals surface area (Å²) in [6, 6.07) is 17.0. The number of nitrogens with zero attached hydrogens (tertiary/aromatic N) is 2. The molecule has 3 aromatic rings. The fraction of sp³-hybridized carbons (Fsp3) is 0.375. The maximum atomic E-state index is 5.36. The van der Waals surface area contributed by atoms with Crippen LogP contribution in [-0.4, -0.2) is 16.9 Å². The minimum Gasteiger partial charge on any atom is -0.497 e. The van der Waals surface area contributed by atoms with Crippen LogP contribution in [0.1, 0.15) is 48.7 Å². The molecule has 4 nitrogen and oxygen atoms in total. The maximum absolute atomic E-state index is 5.36. The Morgan fingerprint density at radius 2 is 2.00 bits per heavy atom. The highest BCUT2D eigenvalue weighted by Crippen LogP contribution is 2.41. The predicted octanol–water partition coefficient (Wildman–Crippen LogP) is 4.99. The lowest BCUT2D eigenvalue weighted by atomic mass is 9.74. The lowest BCUT2D eigenvalue weighted by molar-refractivity contribution is 0.252. The fourth-order valence-electron chi connectivity index (χ4n) is 4.26. The molecule has 0 spiro atoms. The van der Waals surface area contributed by atoms with Crippen LogP contribution in [0.4, 0.5) is 0 Å². The molecule has 4 heteroatoms. The Labute approximate surface area is 167 Å². The third kappa shape index (κ3) is 3.69. The van der Waals surface area contributed by atoms with E-state index in [0.717, 1.165) is 25.1 Å². The average molecular weight is 376 g/mol. The van der Waals surface area contributed by atoms with E-state index in [1.165, 1.54) is 28.1 Å². The summed E-state index contributed by atoms with van der Waals surface area (Å²) in [5.74, 6) is 0.899. The van der Waals surface area contributed by atoms with Crippen LogP contribution in [0.15, 0.2) is 54.7 Å². The van der Waals surface area contributed by atoms with Crippen LogP contribution in [0.2, 0.25) is 0 Å². The van der Waals surface area contributed by atoms with Crippen molar-refractivity contribution in [3.63, 3.8) is 0 Å². The zero-order valence-corrected chi connectivity index (χ0v) is 17.2. The van der Waals surface area contributed by atoms with Gasteiger partial charge >= 0.3 is 0 Å². The zero-order valence-electron chi connectivity index (χ0n) is 17.2. The molecule has 0 saturated carbocycles. The van der Waals surface area contributed by atoms with Crippen LogP contribution in [0.3, 0.4) is 0 Å². The number of benzene rings is 2. The number of nitrogens with one attached hydrogen (secondary N) is 1. The van der Waals surface area contributed by atoms with Crippen LogP contribution in [0.25, 0.3) is 5.69 Å². The van der Waals surface area contributed by atoms with Gasteiger partial charge in [-0.15, -0.1) is 0 Å². The maximum Gasteiger partial charge on any atom is 0.119 e. The molecule has 146 valence electrons. The van der Waals surface area contributed by atoms with E-state index in [1.807, 2.05) is 12.1 Å². The fourth-order valence-corrected chi connectivity index (χ4v) is 4.26. The molecular weight excluding hydrogens is 346 g/mol. The average Bonchev–Trinajstić information content (AvgIpc) is 3.09. The van der Waals surface area contributed by atoms with Gasteiger partial charge in [-0.1, -0.05) is 44.2 Å². The van der Waals surface area contributed by atoms with Gasteiger partial charge in [0.15, 0.2) is 0 Å². The van der Waals surface area contributed by atoms with Crippen molar-refractivity contribution in [1.29, 1.82) is 0 Å². The normalized spacial score (nSPS) is 17.9. The summed E-state index contributed by atoms with van der Waals surface area (Å²) in [4.78, 5) is 0. The topological polar surface area (TPSA) is 39.1 Å². The zero-order chi connectivity index (χ0) is 19.7. The SMILES string of the molecule is COc1cccc(CNC2CC(C)(C)Cc3c2cnn3-c2ccccc2C)c1. The van der Waals surface area contributed by atoms with Crippen molar-refractivity contribution in [1.82, 2.24) is 15.1 Å². The first kappa shape index (κ1) is 18.8. The highest BCUT2D eigenvalue weighted by molar-refractivity contribution is 5.43. The van der Waals surface area contributed by atoms with Gasteiger partial charge in [0.05, 0.1) is 19.0 Å². The molecule has 0 aliphatic heterocycles. The standard InChI is InChI=1S/C24H29N3O/c1-17-8-5-6-11-22(17)27-23-14-24(2,3)13-21(20(23)16-26-27)25-15-18-9-7-10-19(12-18)28-4/h5-12,16,21,25H,13-15H2,1-4H3. The van der Waals surface area contributed by atoms with Gasteiger partial charge in [-0.25, -0.2) is 4.68 Å². The first-order valence-electron chi connectivity index (χ1n) is 9.96. The Kier molecular flexibility index (Phi) is 4.98. The number of hydrogen-bond acceptors (Lipinski definition) is 3. The van der Waals surface area contributed by atoms with Gasteiger partial charge in [0, 0.05) is 23.8 Å². The molecule has 1 heterocycles. The molecule has 1 atom stereocenters. The molecule has 0 radical (unpaired) electrons. The van der Waals surface area contributed by atoms with E-state index >= 15 is 0 Å². The van der Waals surface area contributed by atoms with E-state index in [1.54, 1.807) is 7.11 Å². The molecular formula is C24H29N3O. The first-order valence-corrected chi connectivity index (χ1v) is 9.96. The number of para-hydroxylation sites is 1. The molecule has 0 fully saturated rings. The van der Waals surface area contributed by atoms with Gasteiger partial charge in [0.1, 0.15) is 5.75 Å². The van der Waals surface area contributed by atoms with Crippen molar-refractivity contribution >= 4 is 0 Å². The van der Waals surface area contributed by atoms with Crippen molar-refractivity contribution < 1.29 is 4.74 Å². The number of aryl methyl sites for hydroxylation is 1. The molecule has 1 N–H and O–H groups in total. The van der Waals surface area contributed by atoms with E-state index in [4.69, 9.17) is 9.84 Å². The second kappa shape index (κ2) is 7.44. The monoisotopic (exact) mass is 375 g/mol. The summed E-state index contributed by atoms with van der Waals surface area (Å²) in [6.07, 6.45) is 4.19. The second-order valence-corrected chi connectivity index (χ2v) is 8.58. The van der Waals surface area contributed by atoms with Crippen LogP contribution < -0.4 is 10.1 Å². The molecule has 0 saturated heterocycles. The van der Waals surface area contributed by atoms with E-state index < -0.39 is 0 Å². The van der Waals surface area contributed by atoms with Crippen LogP contribution in [0.5, 0.6) is 5.75 Å². The van der Waals surface area contributed by atoms with E-state index in [-0.39, 0.29) is 5.41 Å². The number of hydrogen-bond donors (Lipinski definition) is 1. The van der Waals surface area contributed by atoms with Crippen molar-refractivity contribution in [3.8, 4) is 11.4 Å². The molecule has 1 aromatic heterocycles. The van der Waals surface area contributed by atoms with Crippen molar-refractivity contribution in [2.24, 2.45) is 5.41 Å². The highest BCUT2D eigenvalue weighted by Gasteiger charge is 2.35. The molecule has 0 bridgehead atoms. The number of methoxy groups -OCH3 is 1. The number of ether oxygens (including phenoxy) is 1. The van der Waals surface area contributed by atoms with Gasteiger partial charge in [0.2, 0.25) is 0 Å². The second-order valence-electron chi connectivity index (χ2n) is 8.58. The van der Waals surface area contributed by atoms with Crippen molar-refractivity contribution in [3.05, 3.63) is 77.1 Å². The summed E-state index contributed by atoms with van der Waals surface area (Å²) >= 11 is 0. The quantitative estimate of drug-likeness (QED) is 0.683. The minimum absolute atomic E-state index is 0.222. The van der Waals surface area contributed by atoms with Gasteiger partial charge in [0.25, 0.3) is 0 Å². The highest BCUT2D eigenvalue weighted by atomic mass is 16.5. The number of rotatable bonds is 5. The van der Waals surface area contributed by atoms with Crippen LogP contribution in [0, 0.1) is 12.3 Å². The lowest BCUT2D eigenvalue weighted by Crippen LogP contribution is -2.33. The van der Waals surface area contributed by atoms with Gasteiger partial charge in [-0.2, -0.15) is 5.10 Å². The Balaban J connectivity index is 1.63. The molecule has 28 heavy (non-hydrogen) atoms. The third-order valence-electron chi connectivity index (χ3n) is 5.71. The summed E-state index contributed by atoms with van der Waals surface area (Å²) in [7, 11) is 1.71. The van der Waals surface area contributed by atoms with Gasteiger partial charge in [-0.3, -0.25) is 0 Å².